The molecule has 0 aromatic heterocycles. The molecule has 1 N–H and O–H groups in total. The third-order valence-electron chi connectivity index (χ3n) is 3.04. The van der Waals surface area contributed by atoms with Crippen molar-refractivity contribution < 1.29 is 0 Å². The van der Waals surface area contributed by atoms with E-state index in [4.69, 9.17) is 4.99 Å². The monoisotopic (exact) mass is 392 g/mol. The molecule has 102 valence electrons. The highest BCUT2D eigenvalue weighted by molar-refractivity contribution is 9.12. The van der Waals surface area contributed by atoms with Crippen LogP contribution in [0.25, 0.3) is 0 Å². The quantitative estimate of drug-likeness (QED) is 0.685. The van der Waals surface area contributed by atoms with Gasteiger partial charge in [0.25, 0.3) is 0 Å². The second-order valence-corrected chi connectivity index (χ2v) is 5.20. The van der Waals surface area contributed by atoms with Gasteiger partial charge in [0.05, 0.1) is 21.6 Å². The van der Waals surface area contributed by atoms with E-state index in [1.165, 1.54) is 0 Å². The summed E-state index contributed by atoms with van der Waals surface area (Å²) in [4.78, 5) is 4.79. The van der Waals surface area contributed by atoms with Crippen LogP contribution >= 0.6 is 32.9 Å². The zero-order valence-corrected chi connectivity index (χ0v) is 14.2. The third kappa shape index (κ3) is 2.86. The van der Waals surface area contributed by atoms with Crippen molar-refractivity contribution >= 4 is 50.0 Å². The molecule has 0 unspecified atom stereocenters. The maximum Gasteiger partial charge on any atom is 0.0872 e. The molecule has 0 bridgehead atoms. The molecule has 0 radical (unpaired) electrons. The highest BCUT2D eigenvalue weighted by Gasteiger charge is 2.16. The minimum Gasteiger partial charge on any atom is -0.356 e. The molecule has 1 aliphatic heterocycles. The summed E-state index contributed by atoms with van der Waals surface area (Å²) in [6.07, 6.45) is 0. The Bertz CT molecular complexity index is 676. The van der Waals surface area contributed by atoms with Crippen molar-refractivity contribution in [1.29, 1.82) is 0 Å². The second kappa shape index (κ2) is 6.37. The summed E-state index contributed by atoms with van der Waals surface area (Å²) in [5.74, 6) is 0. The van der Waals surface area contributed by atoms with E-state index >= 15 is 0 Å². The summed E-state index contributed by atoms with van der Waals surface area (Å²) in [6.45, 7) is 2.05. The van der Waals surface area contributed by atoms with Crippen LogP contribution in [-0.4, -0.2) is 5.71 Å². The molecule has 4 heteroatoms. The molecular formula is C16H14Br2N2. The number of nitrogens with one attached hydrogen (secondary N) is 1. The number of benzene rings is 2. The van der Waals surface area contributed by atoms with E-state index in [-0.39, 0.29) is 17.0 Å². The predicted octanol–water partition coefficient (Wildman–Crippen LogP) is 5.44. The Kier molecular flexibility index (Phi) is 4.78. The van der Waals surface area contributed by atoms with Gasteiger partial charge in [-0.3, -0.25) is 0 Å². The average Bonchev–Trinajstić information content (AvgIpc) is 2.58. The molecular weight excluding hydrogens is 380 g/mol. The van der Waals surface area contributed by atoms with Crippen LogP contribution in [0.1, 0.15) is 12.5 Å². The van der Waals surface area contributed by atoms with E-state index in [2.05, 4.69) is 33.4 Å². The van der Waals surface area contributed by atoms with Crippen molar-refractivity contribution in [1.82, 2.24) is 0 Å². The summed E-state index contributed by atoms with van der Waals surface area (Å²) in [7, 11) is 0. The molecule has 3 rings (SSSR count). The van der Waals surface area contributed by atoms with Crippen LogP contribution in [0.4, 0.5) is 11.4 Å². The molecule has 1 aliphatic rings. The lowest BCUT2D eigenvalue weighted by atomic mass is 10.1. The lowest BCUT2D eigenvalue weighted by Crippen LogP contribution is -2.04. The Morgan fingerprint density at radius 1 is 0.950 bits per heavy atom. The molecule has 0 spiro atoms. The van der Waals surface area contributed by atoms with Crippen molar-refractivity contribution in [3.05, 3.63) is 70.3 Å². The lowest BCUT2D eigenvalue weighted by molar-refractivity contribution is 1.38. The van der Waals surface area contributed by atoms with Gasteiger partial charge < -0.3 is 5.32 Å². The number of allylic oxidation sites excluding steroid dienone is 2. The molecule has 0 amide bonds. The molecule has 20 heavy (non-hydrogen) atoms. The van der Waals surface area contributed by atoms with E-state index in [1.807, 2.05) is 49.4 Å². The van der Waals surface area contributed by atoms with Crippen molar-refractivity contribution in [2.75, 3.05) is 5.32 Å². The van der Waals surface area contributed by atoms with Crippen LogP contribution in [0.5, 0.6) is 0 Å². The Labute approximate surface area is 137 Å². The van der Waals surface area contributed by atoms with Crippen LogP contribution in [0, 0.1) is 0 Å². The molecule has 1 heterocycles. The Hall–Kier alpha value is -1.39. The molecule has 0 atom stereocenters. The maximum absolute atomic E-state index is 4.79. The molecule has 0 saturated carbocycles. The summed E-state index contributed by atoms with van der Waals surface area (Å²) >= 11 is 3.65. The first-order chi connectivity index (χ1) is 9.25. The van der Waals surface area contributed by atoms with Crippen LogP contribution < -0.4 is 5.32 Å². The van der Waals surface area contributed by atoms with Gasteiger partial charge in [-0.1, -0.05) is 42.5 Å². The fourth-order valence-electron chi connectivity index (χ4n) is 2.07. The first-order valence-corrected chi connectivity index (χ1v) is 6.92. The van der Waals surface area contributed by atoms with Crippen LogP contribution in [0.2, 0.25) is 0 Å². The van der Waals surface area contributed by atoms with Gasteiger partial charge in [0.2, 0.25) is 0 Å². The minimum absolute atomic E-state index is 0. The largest absolute Gasteiger partial charge is 0.356 e. The number of anilines is 1. The second-order valence-electron chi connectivity index (χ2n) is 4.41. The van der Waals surface area contributed by atoms with E-state index in [9.17, 15) is 0 Å². The number of fused-ring (bicyclic) bond motifs is 1. The van der Waals surface area contributed by atoms with E-state index in [0.717, 1.165) is 32.8 Å². The molecule has 0 saturated heterocycles. The number of rotatable bonds is 1. The first-order valence-electron chi connectivity index (χ1n) is 6.12. The summed E-state index contributed by atoms with van der Waals surface area (Å²) in [5, 5.41) is 3.39. The predicted molar refractivity (Wildman–Crippen MR) is 94.7 cm³/mol. The maximum atomic E-state index is 4.79. The standard InChI is InChI=1S/C16H13BrN2.BrH/c1-11-15(17)16(12-7-3-2-4-8-12)19-14-10-6-5-9-13(14)18-11;/h2-10,18H,1H3;1H. The summed E-state index contributed by atoms with van der Waals surface area (Å²) in [6, 6.07) is 18.3. The number of halogens is 2. The van der Waals surface area contributed by atoms with Crippen molar-refractivity contribution in [2.24, 2.45) is 4.99 Å². The molecule has 0 fully saturated rings. The van der Waals surface area contributed by atoms with E-state index in [1.54, 1.807) is 0 Å². The molecule has 2 aromatic rings. The van der Waals surface area contributed by atoms with Gasteiger partial charge in [-0.15, -0.1) is 17.0 Å². The molecule has 2 nitrogen and oxygen atoms in total. The van der Waals surface area contributed by atoms with Crippen molar-refractivity contribution in [3.63, 3.8) is 0 Å². The number of hydrogen-bond acceptors (Lipinski definition) is 2. The summed E-state index contributed by atoms with van der Waals surface area (Å²) < 4.78 is 0.995. The Morgan fingerprint density at radius 3 is 2.35 bits per heavy atom. The van der Waals surface area contributed by atoms with Crippen LogP contribution in [0.3, 0.4) is 0 Å². The van der Waals surface area contributed by atoms with E-state index < -0.39 is 0 Å². The number of nitrogens with zero attached hydrogens (tertiary/aromatic N) is 1. The van der Waals surface area contributed by atoms with Gasteiger partial charge in [-0.25, -0.2) is 4.99 Å². The Balaban J connectivity index is 0.00000147. The zero-order valence-electron chi connectivity index (χ0n) is 10.9. The topological polar surface area (TPSA) is 24.4 Å². The molecule has 2 aromatic carbocycles. The lowest BCUT2D eigenvalue weighted by Gasteiger charge is -2.07. The van der Waals surface area contributed by atoms with Gasteiger partial charge in [0.1, 0.15) is 0 Å². The number of hydrogen-bond donors (Lipinski definition) is 1. The van der Waals surface area contributed by atoms with Gasteiger partial charge in [-0.2, -0.15) is 0 Å². The third-order valence-corrected chi connectivity index (χ3v) is 4.01. The van der Waals surface area contributed by atoms with Gasteiger partial charge in [0, 0.05) is 11.3 Å². The van der Waals surface area contributed by atoms with Crippen LogP contribution in [0.15, 0.2) is 69.8 Å². The number of aliphatic imine (C=N–C) groups is 1. The number of para-hydroxylation sites is 2. The van der Waals surface area contributed by atoms with Crippen molar-refractivity contribution in [3.8, 4) is 0 Å². The summed E-state index contributed by atoms with van der Waals surface area (Å²) in [5.41, 5.74) is 5.10. The highest BCUT2D eigenvalue weighted by atomic mass is 79.9. The van der Waals surface area contributed by atoms with E-state index in [0.29, 0.717) is 0 Å². The van der Waals surface area contributed by atoms with Gasteiger partial charge in [-0.05, 0) is 35.0 Å². The smallest absolute Gasteiger partial charge is 0.0872 e. The molecule has 0 aliphatic carbocycles. The van der Waals surface area contributed by atoms with Crippen LogP contribution in [-0.2, 0) is 0 Å². The normalized spacial score (nSPS) is 13.6. The first kappa shape index (κ1) is 15.0. The fraction of sp³-hybridized carbons (Fsp3) is 0.0625. The fourth-order valence-corrected chi connectivity index (χ4v) is 2.48. The average molecular weight is 394 g/mol. The SMILES string of the molecule is Br.CC1=C(Br)C(c2ccccc2)=Nc2ccccc2N1. The van der Waals surface area contributed by atoms with Crippen molar-refractivity contribution in [2.45, 2.75) is 6.92 Å². The van der Waals surface area contributed by atoms with Gasteiger partial charge >= 0.3 is 0 Å². The highest BCUT2D eigenvalue weighted by Crippen LogP contribution is 2.33. The van der Waals surface area contributed by atoms with Gasteiger partial charge in [0.15, 0.2) is 0 Å². The Morgan fingerprint density at radius 2 is 1.60 bits per heavy atom. The minimum atomic E-state index is 0. The zero-order chi connectivity index (χ0) is 13.2.